The number of phenolic OH excluding ortho intramolecular Hbond substituents is 3. The first kappa shape index (κ1) is 73.7. The summed E-state index contributed by atoms with van der Waals surface area (Å²) in [5.74, 6) is -18.3. The van der Waals surface area contributed by atoms with Crippen LogP contribution in [0.15, 0.2) is 84.9 Å². The molecule has 31 heteroatoms. The van der Waals surface area contributed by atoms with Gasteiger partial charge in [-0.2, -0.15) is 0 Å². The average Bonchev–Trinajstić information content (AvgIpc) is 0.772. The van der Waals surface area contributed by atoms with Crippen LogP contribution in [0.1, 0.15) is 131 Å². The number of aliphatic hydroxyl groups is 6. The van der Waals surface area contributed by atoms with E-state index in [1.807, 2.05) is 13.8 Å². The number of aromatic hydroxyl groups is 3. The molecule has 12 rings (SSSR count). The van der Waals surface area contributed by atoms with Crippen LogP contribution in [-0.4, -0.2) is 172 Å². The second-order valence-electron chi connectivity index (χ2n) is 26.4. The SMILES string of the molecule is CC[C@H](CC(C)C)C(=O)N[C@H]1C(=O)C[C@@H](CC(N)=O)C(=O)N[C@H]2C(=O)C[C@H]3C(=O)N[C@H](C(=O)N[C@H](C(=O)O)c4cc(O)cc(O)c4-c4cc3ccc4O)[C@H](O)c3ccc(cc3)Oc3cc2cc(c3OC2OC(CO)C(O)C(O)C2OC2CC(C)(N)C(O)C(C)O2)Oc2ccc(cc2Cl)[C@H]1O. The van der Waals surface area contributed by atoms with Crippen LogP contribution in [0.5, 0.6) is 46.0 Å². The number of benzene rings is 5. The number of Topliss-reactive ketones (excluding diaryl/α,β-unsaturated/α-hetero) is 2. The number of carbonyl (C=O) groups excluding carboxylic acids is 7. The van der Waals surface area contributed by atoms with Gasteiger partial charge in [0.25, 0.3) is 0 Å². The summed E-state index contributed by atoms with van der Waals surface area (Å²) >= 11 is 7.09. The molecule has 30 nitrogen and oxygen atoms in total. The predicted octanol–water partition coefficient (Wildman–Crippen LogP) is 2.87. The van der Waals surface area contributed by atoms with E-state index in [9.17, 15) is 75.0 Å². The number of aliphatic hydroxyl groups excluding tert-OH is 6. The van der Waals surface area contributed by atoms with Crippen LogP contribution in [0.3, 0.4) is 0 Å². The summed E-state index contributed by atoms with van der Waals surface area (Å²) in [6.45, 7) is 7.60. The van der Waals surface area contributed by atoms with Gasteiger partial charge in [-0.25, -0.2) is 4.79 Å². The number of primary amides is 1. The lowest BCUT2D eigenvalue weighted by Crippen LogP contribution is -2.64. The van der Waals surface area contributed by atoms with Crippen LogP contribution in [0.4, 0.5) is 0 Å². The molecule has 100 heavy (non-hydrogen) atoms. The predicted molar refractivity (Wildman–Crippen MR) is 348 cm³/mol. The van der Waals surface area contributed by atoms with Gasteiger partial charge in [0, 0.05) is 59.9 Å². The van der Waals surface area contributed by atoms with Crippen molar-refractivity contribution in [2.75, 3.05) is 6.61 Å². The highest BCUT2D eigenvalue weighted by molar-refractivity contribution is 6.32. The van der Waals surface area contributed by atoms with Crippen molar-refractivity contribution in [2.45, 2.75) is 170 Å². The number of carbonyl (C=O) groups is 8. The Bertz CT molecular complexity index is 3990. The van der Waals surface area contributed by atoms with E-state index in [-0.39, 0.29) is 51.1 Å². The zero-order valence-corrected chi connectivity index (χ0v) is 55.4. The molecule has 5 amide bonds. The summed E-state index contributed by atoms with van der Waals surface area (Å²) in [5, 5.41) is 124. The van der Waals surface area contributed by atoms with E-state index in [0.29, 0.717) is 12.8 Å². The summed E-state index contributed by atoms with van der Waals surface area (Å²) in [4.78, 5) is 117. The van der Waals surface area contributed by atoms with E-state index in [2.05, 4.69) is 21.3 Å². The smallest absolute Gasteiger partial charge is 0.330 e. The van der Waals surface area contributed by atoms with Crippen molar-refractivity contribution in [3.8, 4) is 57.1 Å². The Hall–Kier alpha value is -9.05. The molecule has 18 atom stereocenters. The van der Waals surface area contributed by atoms with Gasteiger partial charge in [-0.15, -0.1) is 0 Å². The molecule has 7 heterocycles. The van der Waals surface area contributed by atoms with Gasteiger partial charge in [0.1, 0.15) is 77.4 Å². The Morgan fingerprint density at radius 1 is 0.760 bits per heavy atom. The van der Waals surface area contributed by atoms with Gasteiger partial charge < -0.3 is 112 Å². The molecular weight excluding hydrogens is 1330 g/mol. The normalized spacial score (nSPS) is 29.8. The number of nitrogens with one attached hydrogen (secondary N) is 4. The number of rotatable bonds is 13. The maximum absolute atomic E-state index is 16.1. The third-order valence-electron chi connectivity index (χ3n) is 18.5. The summed E-state index contributed by atoms with van der Waals surface area (Å²) < 4.78 is 38.5. The number of carboxylic acid groups (broad SMARTS) is 1. The molecule has 0 aliphatic carbocycles. The first-order valence-corrected chi connectivity index (χ1v) is 32.7. The number of halogens is 1. The van der Waals surface area contributed by atoms with Crippen LogP contribution in [0, 0.1) is 17.8 Å². The van der Waals surface area contributed by atoms with Crippen LogP contribution in [0.25, 0.3) is 11.1 Å². The van der Waals surface area contributed by atoms with E-state index >= 15 is 14.4 Å². The lowest BCUT2D eigenvalue weighted by Gasteiger charge is -2.47. The zero-order chi connectivity index (χ0) is 72.7. The van der Waals surface area contributed by atoms with E-state index < -0.39 is 233 Å². The van der Waals surface area contributed by atoms with Crippen LogP contribution < -0.4 is 46.9 Å². The minimum absolute atomic E-state index is 0.00764. The lowest BCUT2D eigenvalue weighted by molar-refractivity contribution is -0.333. The fraction of sp³-hybridized carbons (Fsp3) is 0.449. The number of hydrogen-bond donors (Lipinski definition) is 16. The molecule has 7 aliphatic heterocycles. The molecule has 7 aliphatic rings. The van der Waals surface area contributed by atoms with Crippen molar-refractivity contribution < 1.29 is 118 Å². The fourth-order valence-corrected chi connectivity index (χ4v) is 13.4. The van der Waals surface area contributed by atoms with Crippen LogP contribution >= 0.6 is 11.6 Å². The van der Waals surface area contributed by atoms with Crippen molar-refractivity contribution in [3.05, 3.63) is 118 Å². The molecule has 9 unspecified atom stereocenters. The van der Waals surface area contributed by atoms with Gasteiger partial charge in [0.2, 0.25) is 41.6 Å². The third kappa shape index (κ3) is 15.6. The number of fused-ring (bicyclic) bond motifs is 15. The number of carboxylic acids is 1. The summed E-state index contributed by atoms with van der Waals surface area (Å²) in [7, 11) is 0. The Balaban J connectivity index is 1.23. The first-order valence-electron chi connectivity index (χ1n) is 32.3. The molecule has 11 bridgehead atoms. The van der Waals surface area contributed by atoms with E-state index in [4.69, 9.17) is 51.5 Å². The Morgan fingerprint density at radius 2 is 1.44 bits per heavy atom. The number of ketones is 2. The van der Waals surface area contributed by atoms with Gasteiger partial charge in [0.05, 0.1) is 35.7 Å². The first-order chi connectivity index (χ1) is 47.2. The molecule has 18 N–H and O–H groups in total. The fourth-order valence-electron chi connectivity index (χ4n) is 13.2. The van der Waals surface area contributed by atoms with E-state index in [1.54, 1.807) is 6.92 Å². The molecular formula is C69H79ClN6O24. The highest BCUT2D eigenvalue weighted by Gasteiger charge is 2.51. The standard InChI is InChI=1S/C69H79ClN6O24/c1-6-29(15-27(2)3)63(89)75-54-43(81)18-34(21-49(71)83)64(90)73-52-33-19-46(60(47(20-33)97-45-14-10-32(57(54)85)17-40(45)70)100-68-61(59(87)58(86)48(26-77)98-68)99-50-25-69(5,72)62(88)28(4)95-50)96-36-11-7-30(8-12-36)56(84)55-66(92)74-53(67(93)94)39-22-35(78)23-42(80)51(39)38-16-31(9-13-41(38)79)37(24-44(52)82)65(91)76-55/h7-14,16-17,19-20,22-23,27-29,34,37,48,50,52-59,61-62,68,77-80,84-88H,6,15,18,21,24-26,72H2,1-5H3,(H2,71,83)(H,73,90)(H,74,92)(H,75,89)(H,76,91)(H,93,94)/t28?,29-,34+,37-,48?,50?,52-,53+,54+,55+,56-,57-,58?,59?,61?,62?,68?,69?/m1/s1. The Morgan fingerprint density at radius 3 is 2.08 bits per heavy atom. The van der Waals surface area contributed by atoms with Gasteiger partial charge in [-0.3, -0.25) is 33.6 Å². The summed E-state index contributed by atoms with van der Waals surface area (Å²) in [6, 6.07) is 7.53. The molecule has 0 spiro atoms. The second kappa shape index (κ2) is 30.0. The number of ether oxygens (including phenoxy) is 6. The third-order valence-corrected chi connectivity index (χ3v) is 18.8. The molecule has 5 aromatic rings. The summed E-state index contributed by atoms with van der Waals surface area (Å²) in [6.07, 6.45) is -19.4. The maximum atomic E-state index is 16.1. The highest BCUT2D eigenvalue weighted by Crippen LogP contribution is 2.50. The van der Waals surface area contributed by atoms with Crippen molar-refractivity contribution in [2.24, 2.45) is 29.2 Å². The molecule has 536 valence electrons. The van der Waals surface area contributed by atoms with Gasteiger partial charge >= 0.3 is 5.97 Å². The van der Waals surface area contributed by atoms with Crippen molar-refractivity contribution in [1.82, 2.24) is 21.3 Å². The minimum Gasteiger partial charge on any atom is -0.508 e. The largest absolute Gasteiger partial charge is 0.508 e. The number of amides is 5. The minimum atomic E-state index is -2.20. The van der Waals surface area contributed by atoms with E-state index in [1.165, 1.54) is 56.3 Å². The maximum Gasteiger partial charge on any atom is 0.330 e. The van der Waals surface area contributed by atoms with Crippen molar-refractivity contribution >= 4 is 58.7 Å². The van der Waals surface area contributed by atoms with Crippen molar-refractivity contribution in [1.29, 1.82) is 0 Å². The molecule has 2 saturated heterocycles. The summed E-state index contributed by atoms with van der Waals surface area (Å²) in [5.41, 5.74) is 8.78. The number of phenols is 3. The van der Waals surface area contributed by atoms with Crippen molar-refractivity contribution in [3.63, 3.8) is 0 Å². The molecule has 0 saturated carbocycles. The van der Waals surface area contributed by atoms with E-state index in [0.717, 1.165) is 42.5 Å². The van der Waals surface area contributed by atoms with Crippen LogP contribution in [-0.2, 0) is 52.6 Å². The topological polar surface area (TPSA) is 494 Å². The number of aliphatic carboxylic acids is 1. The molecule has 2 fully saturated rings. The monoisotopic (exact) mass is 1410 g/mol. The van der Waals surface area contributed by atoms with Gasteiger partial charge in [0.15, 0.2) is 41.5 Å². The highest BCUT2D eigenvalue weighted by atomic mass is 35.5. The quantitative estimate of drug-likeness (QED) is 0.0806. The van der Waals surface area contributed by atoms with Gasteiger partial charge in [-0.05, 0) is 109 Å². The average molecular weight is 1410 g/mol. The molecule has 0 radical (unpaired) electrons. The Labute approximate surface area is 576 Å². The zero-order valence-electron chi connectivity index (χ0n) is 54.6. The number of hydrogen-bond acceptors (Lipinski definition) is 24. The lowest BCUT2D eigenvalue weighted by atomic mass is 9.84. The van der Waals surface area contributed by atoms with Crippen LogP contribution in [0.2, 0.25) is 5.02 Å². The number of nitrogens with two attached hydrogens (primary N) is 2. The molecule has 0 aromatic heterocycles. The second-order valence-corrected chi connectivity index (χ2v) is 26.9. The molecule has 5 aromatic carbocycles. The van der Waals surface area contributed by atoms with Gasteiger partial charge in [-0.1, -0.05) is 56.6 Å². The Kier molecular flexibility index (Phi) is 22.1.